The van der Waals surface area contributed by atoms with Crippen molar-refractivity contribution in [3.8, 4) is 0 Å². The molecule has 0 saturated heterocycles. The number of pyridine rings is 1. The highest BCUT2D eigenvalue weighted by Crippen LogP contribution is 2.29. The molecule has 0 saturated carbocycles. The molecule has 2 heteroatoms. The molecule has 0 aliphatic rings. The SMILES string of the molecule is Cc1c(C)c(C)c(Cc2ncc3c(C)c(C)c(C)c(C)n23)c(C)c1C. The number of benzene rings is 1. The first-order valence-corrected chi connectivity index (χ1v) is 9.15. The summed E-state index contributed by atoms with van der Waals surface area (Å²) in [5, 5.41) is 0. The van der Waals surface area contributed by atoms with Gasteiger partial charge in [-0.1, -0.05) is 0 Å². The van der Waals surface area contributed by atoms with Gasteiger partial charge in [0, 0.05) is 12.1 Å². The lowest BCUT2D eigenvalue weighted by molar-refractivity contribution is 0.901. The maximum atomic E-state index is 4.82. The van der Waals surface area contributed by atoms with E-state index < -0.39 is 0 Å². The Morgan fingerprint density at radius 3 is 1.68 bits per heavy atom. The van der Waals surface area contributed by atoms with Gasteiger partial charge in [-0.2, -0.15) is 0 Å². The summed E-state index contributed by atoms with van der Waals surface area (Å²) in [6.07, 6.45) is 2.93. The highest BCUT2D eigenvalue weighted by atomic mass is 15.0. The maximum absolute atomic E-state index is 4.82. The molecule has 0 N–H and O–H groups in total. The van der Waals surface area contributed by atoms with Crippen molar-refractivity contribution in [3.05, 3.63) is 67.8 Å². The quantitative estimate of drug-likeness (QED) is 0.587. The van der Waals surface area contributed by atoms with Crippen LogP contribution >= 0.6 is 0 Å². The van der Waals surface area contributed by atoms with E-state index in [0.717, 1.165) is 12.2 Å². The Bertz CT molecular complexity index is 974. The van der Waals surface area contributed by atoms with Gasteiger partial charge < -0.3 is 4.40 Å². The van der Waals surface area contributed by atoms with Gasteiger partial charge in [0.25, 0.3) is 0 Å². The first-order chi connectivity index (χ1) is 11.7. The molecule has 0 radical (unpaired) electrons. The number of nitrogens with zero attached hydrogens (tertiary/aromatic N) is 2. The highest BCUT2D eigenvalue weighted by Gasteiger charge is 2.17. The van der Waals surface area contributed by atoms with E-state index in [1.165, 1.54) is 61.3 Å². The molecular weight excluding hydrogens is 304 g/mol. The van der Waals surface area contributed by atoms with E-state index in [0.29, 0.717) is 0 Å². The summed E-state index contributed by atoms with van der Waals surface area (Å²) in [5.41, 5.74) is 15.1. The molecule has 25 heavy (non-hydrogen) atoms. The van der Waals surface area contributed by atoms with Gasteiger partial charge in [-0.25, -0.2) is 4.98 Å². The number of hydrogen-bond donors (Lipinski definition) is 0. The van der Waals surface area contributed by atoms with Crippen LogP contribution in [0.25, 0.3) is 5.52 Å². The predicted molar refractivity (Wildman–Crippen MR) is 107 cm³/mol. The van der Waals surface area contributed by atoms with Gasteiger partial charge in [0.15, 0.2) is 0 Å². The molecular formula is C23H30N2. The van der Waals surface area contributed by atoms with Crippen LogP contribution in [-0.4, -0.2) is 9.38 Å². The van der Waals surface area contributed by atoms with E-state index in [2.05, 4.69) is 66.7 Å². The Hall–Kier alpha value is -2.09. The maximum Gasteiger partial charge on any atom is 0.117 e. The number of hydrogen-bond acceptors (Lipinski definition) is 1. The molecule has 0 fully saturated rings. The lowest BCUT2D eigenvalue weighted by atomic mass is 9.88. The molecule has 3 aromatic rings. The van der Waals surface area contributed by atoms with Crippen LogP contribution in [0.1, 0.15) is 61.6 Å². The molecule has 0 bridgehead atoms. The minimum atomic E-state index is 0.885. The van der Waals surface area contributed by atoms with Gasteiger partial charge in [-0.3, -0.25) is 0 Å². The minimum absolute atomic E-state index is 0.885. The monoisotopic (exact) mass is 334 g/mol. The lowest BCUT2D eigenvalue weighted by Crippen LogP contribution is -2.08. The van der Waals surface area contributed by atoms with Crippen molar-refractivity contribution in [1.82, 2.24) is 9.38 Å². The number of fused-ring (bicyclic) bond motifs is 1. The van der Waals surface area contributed by atoms with E-state index >= 15 is 0 Å². The molecule has 0 spiro atoms. The number of aromatic nitrogens is 2. The fourth-order valence-electron chi connectivity index (χ4n) is 4.07. The number of imidazole rings is 1. The minimum Gasteiger partial charge on any atom is -0.300 e. The van der Waals surface area contributed by atoms with Crippen molar-refractivity contribution in [3.63, 3.8) is 0 Å². The Balaban J connectivity index is 2.25. The van der Waals surface area contributed by atoms with Gasteiger partial charge in [-0.05, 0) is 112 Å². The second kappa shape index (κ2) is 6.01. The molecule has 2 nitrogen and oxygen atoms in total. The van der Waals surface area contributed by atoms with Crippen molar-refractivity contribution in [1.29, 1.82) is 0 Å². The third-order valence-electron chi connectivity index (χ3n) is 6.71. The summed E-state index contributed by atoms with van der Waals surface area (Å²) in [6.45, 7) is 20.1. The highest BCUT2D eigenvalue weighted by molar-refractivity contribution is 5.61. The average Bonchev–Trinajstić information content (AvgIpc) is 3.02. The van der Waals surface area contributed by atoms with E-state index in [9.17, 15) is 0 Å². The molecule has 0 amide bonds. The Morgan fingerprint density at radius 2 is 1.12 bits per heavy atom. The molecule has 2 aromatic heterocycles. The third kappa shape index (κ3) is 2.50. The van der Waals surface area contributed by atoms with Crippen LogP contribution in [0.5, 0.6) is 0 Å². The zero-order valence-electron chi connectivity index (χ0n) is 17.2. The molecule has 0 atom stereocenters. The molecule has 0 unspecified atom stereocenters. The summed E-state index contributed by atoms with van der Waals surface area (Å²) in [4.78, 5) is 4.82. The number of rotatable bonds is 2. The Morgan fingerprint density at radius 1 is 0.640 bits per heavy atom. The van der Waals surface area contributed by atoms with Crippen LogP contribution in [0.2, 0.25) is 0 Å². The summed E-state index contributed by atoms with van der Waals surface area (Å²) in [5.74, 6) is 1.15. The lowest BCUT2D eigenvalue weighted by Gasteiger charge is -2.19. The predicted octanol–water partition coefficient (Wildman–Crippen LogP) is 5.70. The normalized spacial score (nSPS) is 11.6. The fourth-order valence-corrected chi connectivity index (χ4v) is 4.07. The zero-order chi connectivity index (χ0) is 18.6. The third-order valence-corrected chi connectivity index (χ3v) is 6.71. The average molecular weight is 335 g/mol. The van der Waals surface area contributed by atoms with Crippen molar-refractivity contribution in [2.75, 3.05) is 0 Å². The van der Waals surface area contributed by atoms with Crippen LogP contribution < -0.4 is 0 Å². The Kier molecular flexibility index (Phi) is 4.26. The molecule has 2 heterocycles. The summed E-state index contributed by atoms with van der Waals surface area (Å²) >= 11 is 0. The van der Waals surface area contributed by atoms with Crippen LogP contribution in [0.3, 0.4) is 0 Å². The van der Waals surface area contributed by atoms with Crippen molar-refractivity contribution >= 4 is 5.52 Å². The zero-order valence-corrected chi connectivity index (χ0v) is 17.2. The van der Waals surface area contributed by atoms with Crippen molar-refractivity contribution < 1.29 is 0 Å². The summed E-state index contributed by atoms with van der Waals surface area (Å²) in [7, 11) is 0. The molecule has 0 aliphatic carbocycles. The molecule has 0 aliphatic heterocycles. The molecule has 132 valence electrons. The standard InChI is InChI=1S/C23H30N2/c1-12-13(2)17(6)21(18(7)14(12)3)10-23-24-11-22-19(8)15(4)16(5)20(9)25(22)23/h11H,10H2,1-9H3. The second-order valence-electron chi connectivity index (χ2n) is 7.64. The smallest absolute Gasteiger partial charge is 0.117 e. The van der Waals surface area contributed by atoms with E-state index in [1.807, 2.05) is 6.20 Å². The number of aryl methyl sites for hydroxylation is 2. The first kappa shape index (κ1) is 17.7. The second-order valence-corrected chi connectivity index (χ2v) is 7.64. The van der Waals surface area contributed by atoms with Crippen LogP contribution in [0.4, 0.5) is 0 Å². The van der Waals surface area contributed by atoms with Crippen LogP contribution in [0, 0.1) is 62.3 Å². The molecule has 3 rings (SSSR count). The van der Waals surface area contributed by atoms with Gasteiger partial charge >= 0.3 is 0 Å². The van der Waals surface area contributed by atoms with E-state index in [1.54, 1.807) is 0 Å². The van der Waals surface area contributed by atoms with E-state index in [4.69, 9.17) is 4.98 Å². The van der Waals surface area contributed by atoms with Gasteiger partial charge in [0.1, 0.15) is 5.82 Å². The summed E-state index contributed by atoms with van der Waals surface area (Å²) < 4.78 is 2.36. The topological polar surface area (TPSA) is 17.3 Å². The Labute approximate surface area is 151 Å². The summed E-state index contributed by atoms with van der Waals surface area (Å²) in [6, 6.07) is 0. The first-order valence-electron chi connectivity index (χ1n) is 9.15. The fraction of sp³-hybridized carbons (Fsp3) is 0.435. The largest absolute Gasteiger partial charge is 0.300 e. The van der Waals surface area contributed by atoms with Gasteiger partial charge in [-0.15, -0.1) is 0 Å². The van der Waals surface area contributed by atoms with Crippen LogP contribution in [0.15, 0.2) is 6.20 Å². The van der Waals surface area contributed by atoms with Gasteiger partial charge in [0.2, 0.25) is 0 Å². The van der Waals surface area contributed by atoms with Crippen molar-refractivity contribution in [2.24, 2.45) is 0 Å². The molecule has 1 aromatic carbocycles. The van der Waals surface area contributed by atoms with Crippen molar-refractivity contribution in [2.45, 2.75) is 68.7 Å². The van der Waals surface area contributed by atoms with Crippen LogP contribution in [-0.2, 0) is 6.42 Å². The van der Waals surface area contributed by atoms with Gasteiger partial charge in [0.05, 0.1) is 11.7 Å². The van der Waals surface area contributed by atoms with E-state index in [-0.39, 0.29) is 0 Å².